The van der Waals surface area contributed by atoms with Crippen molar-refractivity contribution >= 4 is 21.6 Å². The van der Waals surface area contributed by atoms with Crippen molar-refractivity contribution in [2.24, 2.45) is 0 Å². The van der Waals surface area contributed by atoms with Gasteiger partial charge in [-0.2, -0.15) is 5.10 Å². The molecule has 0 fully saturated rings. The van der Waals surface area contributed by atoms with Crippen LogP contribution in [-0.2, 0) is 27.9 Å². The van der Waals surface area contributed by atoms with E-state index >= 15 is 0 Å². The number of carbonyl (C=O) groups excluding carboxylic acids is 1. The van der Waals surface area contributed by atoms with Gasteiger partial charge in [0, 0.05) is 31.5 Å². The predicted molar refractivity (Wildman–Crippen MR) is 103 cm³/mol. The lowest BCUT2D eigenvalue weighted by Gasteiger charge is -2.09. The van der Waals surface area contributed by atoms with Crippen molar-refractivity contribution in [1.29, 1.82) is 0 Å². The molecule has 1 amide bonds. The summed E-state index contributed by atoms with van der Waals surface area (Å²) in [6.07, 6.45) is 3.62. The van der Waals surface area contributed by atoms with E-state index in [1.54, 1.807) is 18.3 Å². The maximum absolute atomic E-state index is 12.4. The summed E-state index contributed by atoms with van der Waals surface area (Å²) in [6.45, 7) is 2.25. The molecule has 3 aromatic rings. The van der Waals surface area contributed by atoms with E-state index in [-0.39, 0.29) is 17.3 Å². The summed E-state index contributed by atoms with van der Waals surface area (Å²) >= 11 is 0. The van der Waals surface area contributed by atoms with Crippen LogP contribution in [0, 0.1) is 0 Å². The van der Waals surface area contributed by atoms with Crippen molar-refractivity contribution < 1.29 is 13.2 Å². The third-order valence-corrected chi connectivity index (χ3v) is 5.30. The van der Waals surface area contributed by atoms with Gasteiger partial charge in [0.15, 0.2) is 0 Å². The van der Waals surface area contributed by atoms with Crippen molar-refractivity contribution in [3.63, 3.8) is 0 Å². The highest BCUT2D eigenvalue weighted by Crippen LogP contribution is 2.15. The molecule has 1 heterocycles. The number of nitrogens with zero attached hydrogens (tertiary/aromatic N) is 2. The van der Waals surface area contributed by atoms with Crippen molar-refractivity contribution in [3.05, 3.63) is 78.1 Å². The normalized spacial score (nSPS) is 11.3. The molecule has 2 aromatic carbocycles. The number of aromatic nitrogens is 2. The van der Waals surface area contributed by atoms with Crippen LogP contribution >= 0.6 is 0 Å². The number of hydrogen-bond acceptors (Lipinski definition) is 4. The zero-order chi connectivity index (χ0) is 19.3. The van der Waals surface area contributed by atoms with Gasteiger partial charge < -0.3 is 5.32 Å². The van der Waals surface area contributed by atoms with Crippen LogP contribution in [-0.4, -0.2) is 24.1 Å². The Morgan fingerprint density at radius 2 is 1.70 bits per heavy atom. The minimum absolute atomic E-state index is 0.145. The van der Waals surface area contributed by atoms with Gasteiger partial charge in [-0.1, -0.05) is 24.3 Å². The molecule has 0 aliphatic rings. The molecule has 2 N–H and O–H groups in total. The molecule has 0 unspecified atom stereocenters. The maximum atomic E-state index is 12.4. The van der Waals surface area contributed by atoms with Gasteiger partial charge in [-0.05, 0) is 41.5 Å². The molecule has 0 aliphatic carbocycles. The number of benzene rings is 2. The van der Waals surface area contributed by atoms with Crippen LogP contribution in [0.3, 0.4) is 0 Å². The first kappa shape index (κ1) is 18.8. The summed E-state index contributed by atoms with van der Waals surface area (Å²) in [5.41, 5.74) is 2.49. The van der Waals surface area contributed by atoms with Crippen LogP contribution in [0.15, 0.2) is 71.9 Å². The van der Waals surface area contributed by atoms with Crippen LogP contribution in [0.25, 0.3) is 0 Å². The van der Waals surface area contributed by atoms with E-state index in [1.165, 1.54) is 19.1 Å². The molecule has 1 aromatic heterocycles. The number of anilines is 1. The van der Waals surface area contributed by atoms with Gasteiger partial charge >= 0.3 is 0 Å². The quantitative estimate of drug-likeness (QED) is 0.654. The lowest BCUT2D eigenvalue weighted by Crippen LogP contribution is -2.23. The van der Waals surface area contributed by atoms with Crippen LogP contribution < -0.4 is 10.0 Å². The average molecular weight is 384 g/mol. The van der Waals surface area contributed by atoms with Gasteiger partial charge in [0.25, 0.3) is 0 Å². The van der Waals surface area contributed by atoms with Gasteiger partial charge in [0.2, 0.25) is 15.9 Å². The van der Waals surface area contributed by atoms with Gasteiger partial charge in [-0.15, -0.1) is 0 Å². The Morgan fingerprint density at radius 3 is 2.30 bits per heavy atom. The summed E-state index contributed by atoms with van der Waals surface area (Å²) in [4.78, 5) is 11.2. The minimum Gasteiger partial charge on any atom is -0.326 e. The largest absolute Gasteiger partial charge is 0.326 e. The minimum atomic E-state index is -3.63. The summed E-state index contributed by atoms with van der Waals surface area (Å²) < 4.78 is 29.2. The van der Waals surface area contributed by atoms with E-state index in [4.69, 9.17) is 0 Å². The smallest absolute Gasteiger partial charge is 0.240 e. The molecule has 3 rings (SSSR count). The van der Waals surface area contributed by atoms with E-state index in [2.05, 4.69) is 15.1 Å². The molecule has 0 saturated carbocycles. The van der Waals surface area contributed by atoms with Crippen LogP contribution in [0.2, 0.25) is 0 Å². The number of nitrogens with one attached hydrogen (secondary N) is 2. The molecular weight excluding hydrogens is 364 g/mol. The molecule has 0 aliphatic heterocycles. The topological polar surface area (TPSA) is 93.1 Å². The highest BCUT2D eigenvalue weighted by Gasteiger charge is 2.13. The third kappa shape index (κ3) is 5.25. The molecule has 0 saturated heterocycles. The summed E-state index contributed by atoms with van der Waals surface area (Å²) in [7, 11) is -3.63. The Labute approximate surface area is 158 Å². The molecule has 0 radical (unpaired) electrons. The van der Waals surface area contributed by atoms with Crippen molar-refractivity contribution in [2.75, 3.05) is 5.32 Å². The first-order valence-corrected chi connectivity index (χ1v) is 9.83. The second-order valence-electron chi connectivity index (χ2n) is 6.05. The van der Waals surface area contributed by atoms with Crippen molar-refractivity contribution in [1.82, 2.24) is 14.5 Å². The van der Waals surface area contributed by atoms with Crippen molar-refractivity contribution in [3.8, 4) is 0 Å². The fraction of sp³-hybridized carbons (Fsp3) is 0.158. The summed E-state index contributed by atoms with van der Waals surface area (Å²) in [5, 5.41) is 6.76. The van der Waals surface area contributed by atoms with Crippen LogP contribution in [0.4, 0.5) is 5.69 Å². The lowest BCUT2D eigenvalue weighted by molar-refractivity contribution is -0.114. The van der Waals surface area contributed by atoms with Gasteiger partial charge in [-0.25, -0.2) is 13.1 Å². The van der Waals surface area contributed by atoms with Crippen molar-refractivity contribution in [2.45, 2.75) is 24.9 Å². The predicted octanol–water partition coefficient (Wildman–Crippen LogP) is 2.37. The fourth-order valence-corrected chi connectivity index (χ4v) is 3.54. The number of sulfonamides is 1. The number of rotatable bonds is 7. The van der Waals surface area contributed by atoms with E-state index in [0.29, 0.717) is 12.2 Å². The molecule has 7 nitrogen and oxygen atoms in total. The Balaban J connectivity index is 1.60. The van der Waals surface area contributed by atoms with Gasteiger partial charge in [-0.3, -0.25) is 9.48 Å². The highest BCUT2D eigenvalue weighted by molar-refractivity contribution is 7.89. The van der Waals surface area contributed by atoms with Crippen LogP contribution in [0.5, 0.6) is 0 Å². The molecular formula is C19H20N4O3S. The van der Waals surface area contributed by atoms with Gasteiger partial charge in [0.1, 0.15) is 0 Å². The van der Waals surface area contributed by atoms with E-state index < -0.39 is 10.0 Å². The van der Waals surface area contributed by atoms with E-state index in [0.717, 1.165) is 11.1 Å². The molecule has 0 bridgehead atoms. The fourth-order valence-electron chi connectivity index (χ4n) is 2.53. The maximum Gasteiger partial charge on any atom is 0.240 e. The lowest BCUT2D eigenvalue weighted by atomic mass is 10.1. The molecule has 0 atom stereocenters. The monoisotopic (exact) mass is 384 g/mol. The average Bonchev–Trinajstić information content (AvgIpc) is 3.14. The van der Waals surface area contributed by atoms with E-state index in [9.17, 15) is 13.2 Å². The number of hydrogen-bond donors (Lipinski definition) is 2. The highest BCUT2D eigenvalue weighted by atomic mass is 32.2. The Morgan fingerprint density at radius 1 is 1.04 bits per heavy atom. The zero-order valence-corrected chi connectivity index (χ0v) is 15.6. The SMILES string of the molecule is CC(=O)Nc1ccc(S(=O)(=O)NCc2ccc(Cn3cccn3)cc2)cc1. The third-order valence-electron chi connectivity index (χ3n) is 3.88. The Kier molecular flexibility index (Phi) is 5.68. The molecule has 140 valence electrons. The number of amides is 1. The number of carbonyl (C=O) groups is 1. The summed E-state index contributed by atoms with van der Waals surface area (Å²) in [6, 6.07) is 15.6. The summed E-state index contributed by atoms with van der Waals surface area (Å²) in [5.74, 6) is -0.209. The molecule has 8 heteroatoms. The first-order chi connectivity index (χ1) is 12.9. The second-order valence-corrected chi connectivity index (χ2v) is 7.82. The van der Waals surface area contributed by atoms with Gasteiger partial charge in [0.05, 0.1) is 11.4 Å². The van der Waals surface area contributed by atoms with E-state index in [1.807, 2.05) is 41.2 Å². The molecule has 0 spiro atoms. The standard InChI is InChI=1S/C19H20N4O3S/c1-15(24)22-18-7-9-19(10-8-18)27(25,26)21-13-16-3-5-17(6-4-16)14-23-12-2-11-20-23/h2-12,21H,13-14H2,1H3,(H,22,24). The van der Waals surface area contributed by atoms with Crippen LogP contribution in [0.1, 0.15) is 18.1 Å². The molecule has 27 heavy (non-hydrogen) atoms. The second kappa shape index (κ2) is 8.15. The Hall–Kier alpha value is -2.97. The first-order valence-electron chi connectivity index (χ1n) is 8.35. The zero-order valence-electron chi connectivity index (χ0n) is 14.8. The Bertz CT molecular complexity index is 996.